The maximum atomic E-state index is 12.6. The summed E-state index contributed by atoms with van der Waals surface area (Å²) in [7, 11) is 0. The number of esters is 2. The molecule has 0 bridgehead atoms. The topological polar surface area (TPSA) is 52.6 Å². The molecule has 0 N–H and O–H groups in total. The van der Waals surface area contributed by atoms with Crippen LogP contribution in [0.5, 0.6) is 5.75 Å². The highest BCUT2D eigenvalue weighted by molar-refractivity contribution is 7.99. The summed E-state index contributed by atoms with van der Waals surface area (Å²) < 4.78 is 10.9. The molecule has 3 rings (SSSR count). The number of thioether (sulfide) groups is 1. The molecule has 0 unspecified atom stereocenters. The summed E-state index contributed by atoms with van der Waals surface area (Å²) in [6.07, 6.45) is 12.0. The highest BCUT2D eigenvalue weighted by atomic mass is 32.2. The molecule has 39 heavy (non-hydrogen) atoms. The summed E-state index contributed by atoms with van der Waals surface area (Å²) in [4.78, 5) is 26.2. The molecule has 3 aromatic rings. The van der Waals surface area contributed by atoms with E-state index in [1.54, 1.807) is 36.4 Å². The molecule has 0 radical (unpaired) electrons. The van der Waals surface area contributed by atoms with Crippen LogP contribution in [0, 0.1) is 0 Å². The van der Waals surface area contributed by atoms with Gasteiger partial charge in [-0.1, -0.05) is 89.5 Å². The Bertz CT molecular complexity index is 1120. The van der Waals surface area contributed by atoms with Gasteiger partial charge < -0.3 is 9.47 Å². The molecular formula is C34H42O4S. The number of carbonyl (C=O) groups excluding carboxylic acids is 2. The Labute approximate surface area is 238 Å². The number of carbonyl (C=O) groups is 2. The lowest BCUT2D eigenvalue weighted by Gasteiger charge is -2.08. The lowest BCUT2D eigenvalue weighted by Crippen LogP contribution is -2.09. The molecule has 0 aliphatic heterocycles. The van der Waals surface area contributed by atoms with Crippen molar-refractivity contribution in [2.45, 2.75) is 83.0 Å². The van der Waals surface area contributed by atoms with E-state index in [4.69, 9.17) is 9.47 Å². The van der Waals surface area contributed by atoms with Gasteiger partial charge in [0.05, 0.1) is 17.7 Å². The average Bonchev–Trinajstić information content (AvgIpc) is 2.97. The highest BCUT2D eigenvalue weighted by Gasteiger charge is 2.11. The largest absolute Gasteiger partial charge is 0.462 e. The Morgan fingerprint density at radius 1 is 0.590 bits per heavy atom. The van der Waals surface area contributed by atoms with E-state index in [-0.39, 0.29) is 5.97 Å². The van der Waals surface area contributed by atoms with Crippen molar-refractivity contribution in [3.05, 3.63) is 83.9 Å². The summed E-state index contributed by atoms with van der Waals surface area (Å²) >= 11 is 1.90. The fraction of sp³-hybridized carbons (Fsp3) is 0.412. The van der Waals surface area contributed by atoms with Gasteiger partial charge in [-0.15, -0.1) is 11.8 Å². The van der Waals surface area contributed by atoms with Gasteiger partial charge in [-0.25, -0.2) is 9.59 Å². The zero-order valence-corrected chi connectivity index (χ0v) is 24.3. The predicted molar refractivity (Wildman–Crippen MR) is 162 cm³/mol. The third-order valence-electron chi connectivity index (χ3n) is 6.61. The van der Waals surface area contributed by atoms with Gasteiger partial charge in [0.1, 0.15) is 5.75 Å². The van der Waals surface area contributed by atoms with E-state index in [2.05, 4.69) is 38.1 Å². The number of hydrogen-bond acceptors (Lipinski definition) is 5. The van der Waals surface area contributed by atoms with Crippen molar-refractivity contribution in [3.63, 3.8) is 0 Å². The summed E-state index contributed by atoms with van der Waals surface area (Å²) in [5.74, 6) is 0.757. The number of hydrogen-bond donors (Lipinski definition) is 0. The second kappa shape index (κ2) is 17.5. The monoisotopic (exact) mass is 546 g/mol. The minimum absolute atomic E-state index is 0.351. The summed E-state index contributed by atoms with van der Waals surface area (Å²) in [6, 6.07) is 22.5. The SMILES string of the molecule is CCCCCCCCOC(=O)c1ccc(OC(=O)c2ccc(-c3ccc(SCCCCCC)cc3)cc2)cc1. The minimum Gasteiger partial charge on any atom is -0.462 e. The molecule has 0 atom stereocenters. The maximum Gasteiger partial charge on any atom is 0.343 e. The first-order valence-electron chi connectivity index (χ1n) is 14.4. The minimum atomic E-state index is -0.435. The lowest BCUT2D eigenvalue weighted by molar-refractivity contribution is 0.0497. The molecule has 3 aromatic carbocycles. The van der Waals surface area contributed by atoms with Gasteiger partial charge in [-0.2, -0.15) is 0 Å². The second-order valence-corrected chi connectivity index (χ2v) is 11.0. The third-order valence-corrected chi connectivity index (χ3v) is 7.70. The van der Waals surface area contributed by atoms with Crippen molar-refractivity contribution in [3.8, 4) is 16.9 Å². The van der Waals surface area contributed by atoms with Gasteiger partial charge in [0.25, 0.3) is 0 Å². The van der Waals surface area contributed by atoms with E-state index in [1.807, 2.05) is 23.9 Å². The first kappa shape index (κ1) is 30.5. The highest BCUT2D eigenvalue weighted by Crippen LogP contribution is 2.26. The second-order valence-electron chi connectivity index (χ2n) is 9.83. The van der Waals surface area contributed by atoms with Crippen LogP contribution in [0.4, 0.5) is 0 Å². The third kappa shape index (κ3) is 10.9. The molecule has 0 saturated carbocycles. The van der Waals surface area contributed by atoms with E-state index in [1.165, 1.54) is 56.3 Å². The quantitative estimate of drug-likeness (QED) is 0.0730. The molecule has 4 nitrogen and oxygen atoms in total. The number of rotatable bonds is 17. The average molecular weight is 547 g/mol. The zero-order valence-electron chi connectivity index (χ0n) is 23.5. The van der Waals surface area contributed by atoms with Gasteiger partial charge in [0.2, 0.25) is 0 Å². The molecular weight excluding hydrogens is 504 g/mol. The van der Waals surface area contributed by atoms with Crippen LogP contribution in [-0.4, -0.2) is 24.3 Å². The Morgan fingerprint density at radius 3 is 1.74 bits per heavy atom. The first-order valence-corrected chi connectivity index (χ1v) is 15.4. The Balaban J connectivity index is 1.44. The summed E-state index contributed by atoms with van der Waals surface area (Å²) in [6.45, 7) is 4.86. The van der Waals surface area contributed by atoms with Crippen LogP contribution in [0.15, 0.2) is 77.7 Å². The Morgan fingerprint density at radius 2 is 1.10 bits per heavy atom. The van der Waals surface area contributed by atoms with Crippen molar-refractivity contribution >= 4 is 23.7 Å². The Kier molecular flexibility index (Phi) is 13.7. The number of ether oxygens (including phenoxy) is 2. The molecule has 208 valence electrons. The maximum absolute atomic E-state index is 12.6. The normalized spacial score (nSPS) is 10.8. The van der Waals surface area contributed by atoms with Crippen molar-refractivity contribution < 1.29 is 19.1 Å². The molecule has 0 aliphatic carbocycles. The van der Waals surface area contributed by atoms with Crippen molar-refractivity contribution in [2.24, 2.45) is 0 Å². The molecule has 0 heterocycles. The van der Waals surface area contributed by atoms with Crippen molar-refractivity contribution in [1.29, 1.82) is 0 Å². The lowest BCUT2D eigenvalue weighted by atomic mass is 10.0. The van der Waals surface area contributed by atoms with Gasteiger partial charge in [0, 0.05) is 4.90 Å². The van der Waals surface area contributed by atoms with Gasteiger partial charge in [-0.05, 0) is 78.3 Å². The molecule has 0 amide bonds. The molecule has 0 spiro atoms. The molecule has 0 saturated heterocycles. The van der Waals surface area contributed by atoms with Crippen LogP contribution in [0.25, 0.3) is 11.1 Å². The van der Waals surface area contributed by atoms with Gasteiger partial charge in [0.15, 0.2) is 0 Å². The Hall–Kier alpha value is -3.05. The van der Waals surface area contributed by atoms with Gasteiger partial charge in [-0.3, -0.25) is 0 Å². The van der Waals surface area contributed by atoms with Crippen LogP contribution < -0.4 is 4.74 Å². The zero-order chi connectivity index (χ0) is 27.7. The number of benzene rings is 3. The van der Waals surface area contributed by atoms with Crippen molar-refractivity contribution in [2.75, 3.05) is 12.4 Å². The van der Waals surface area contributed by atoms with Crippen LogP contribution in [-0.2, 0) is 4.74 Å². The standard InChI is InChI=1S/C34H42O4S/c1-3-5-7-9-10-11-25-37-33(35)29-17-21-31(22-18-29)38-34(36)30-15-13-27(14-16-30)28-19-23-32(24-20-28)39-26-12-8-6-4-2/h13-24H,3-12,25-26H2,1-2H3. The first-order chi connectivity index (χ1) is 19.1. The summed E-state index contributed by atoms with van der Waals surface area (Å²) in [5.41, 5.74) is 3.09. The van der Waals surface area contributed by atoms with Crippen molar-refractivity contribution in [1.82, 2.24) is 0 Å². The van der Waals surface area contributed by atoms with E-state index in [0.29, 0.717) is 23.5 Å². The summed E-state index contributed by atoms with van der Waals surface area (Å²) in [5, 5.41) is 0. The molecule has 0 fully saturated rings. The van der Waals surface area contributed by atoms with E-state index in [9.17, 15) is 9.59 Å². The van der Waals surface area contributed by atoms with Crippen LogP contribution in [0.3, 0.4) is 0 Å². The van der Waals surface area contributed by atoms with Crippen LogP contribution in [0.1, 0.15) is 98.8 Å². The molecule has 5 heteroatoms. The van der Waals surface area contributed by atoms with Crippen LogP contribution in [0.2, 0.25) is 0 Å². The van der Waals surface area contributed by atoms with E-state index < -0.39 is 5.97 Å². The van der Waals surface area contributed by atoms with Gasteiger partial charge >= 0.3 is 11.9 Å². The predicted octanol–water partition coefficient (Wildman–Crippen LogP) is 9.76. The fourth-order valence-electron chi connectivity index (χ4n) is 4.22. The smallest absolute Gasteiger partial charge is 0.343 e. The molecule has 0 aromatic heterocycles. The fourth-order valence-corrected chi connectivity index (χ4v) is 5.13. The molecule has 0 aliphatic rings. The number of unbranched alkanes of at least 4 members (excludes halogenated alkanes) is 8. The van der Waals surface area contributed by atoms with E-state index >= 15 is 0 Å². The van der Waals surface area contributed by atoms with E-state index in [0.717, 1.165) is 29.7 Å². The van der Waals surface area contributed by atoms with Crippen LogP contribution >= 0.6 is 11.8 Å².